The first-order valence-corrected chi connectivity index (χ1v) is 15.0. The van der Waals surface area contributed by atoms with Gasteiger partial charge in [0.2, 0.25) is 0 Å². The Morgan fingerprint density at radius 2 is 1.64 bits per heavy atom. The number of hydrogen-bond acceptors (Lipinski definition) is 7. The lowest BCUT2D eigenvalue weighted by molar-refractivity contribution is -0.384. The van der Waals surface area contributed by atoms with Crippen molar-refractivity contribution >= 4 is 45.1 Å². The smallest absolute Gasteiger partial charge is 0.273 e. The second kappa shape index (κ2) is 12.9. The number of non-ortho nitro benzene ring substituents is 1. The zero-order valence-corrected chi connectivity index (χ0v) is 24.8. The van der Waals surface area contributed by atoms with Gasteiger partial charge < -0.3 is 4.42 Å². The SMILES string of the molecule is Cc1ccc(S(=O)(=O)N(Cc2ccc(Cl)cc2)c2ccccc2C(=O)NN=Cc2ccc(-c3ccc([N+](=O)[O-])cc3)o2)cc1. The van der Waals surface area contributed by atoms with Crippen LogP contribution in [0.3, 0.4) is 0 Å². The summed E-state index contributed by atoms with van der Waals surface area (Å²) < 4.78 is 34.8. The number of nitrogens with zero attached hydrogens (tertiary/aromatic N) is 3. The minimum Gasteiger partial charge on any atom is -0.455 e. The van der Waals surface area contributed by atoms with E-state index in [1.807, 2.05) is 6.92 Å². The van der Waals surface area contributed by atoms with Crippen LogP contribution in [0.25, 0.3) is 11.3 Å². The summed E-state index contributed by atoms with van der Waals surface area (Å²) in [6.07, 6.45) is 1.30. The number of hydrazone groups is 1. The molecular weight excluding hydrogens is 604 g/mol. The van der Waals surface area contributed by atoms with E-state index < -0.39 is 20.9 Å². The molecule has 4 aromatic carbocycles. The van der Waals surface area contributed by atoms with Crippen molar-refractivity contribution < 1.29 is 22.6 Å². The van der Waals surface area contributed by atoms with Crippen LogP contribution < -0.4 is 9.73 Å². The maximum Gasteiger partial charge on any atom is 0.273 e. The van der Waals surface area contributed by atoms with E-state index in [2.05, 4.69) is 10.5 Å². The Morgan fingerprint density at radius 3 is 2.32 bits per heavy atom. The number of furan rings is 1. The van der Waals surface area contributed by atoms with E-state index in [-0.39, 0.29) is 28.4 Å². The topological polar surface area (TPSA) is 135 Å². The minimum absolute atomic E-state index is 0.0384. The number of carbonyl (C=O) groups excluding carboxylic acids is 1. The van der Waals surface area contributed by atoms with Gasteiger partial charge in [-0.1, -0.05) is 53.6 Å². The molecule has 1 amide bonds. The molecule has 1 aromatic heterocycles. The normalized spacial score (nSPS) is 11.4. The molecule has 0 saturated carbocycles. The molecule has 1 N–H and O–H groups in total. The van der Waals surface area contributed by atoms with E-state index in [9.17, 15) is 23.3 Å². The molecule has 0 aliphatic heterocycles. The minimum atomic E-state index is -4.10. The third-order valence-electron chi connectivity index (χ3n) is 6.61. The van der Waals surface area contributed by atoms with Gasteiger partial charge in [-0.05, 0) is 73.2 Å². The van der Waals surface area contributed by atoms with Crippen molar-refractivity contribution in [3.63, 3.8) is 0 Å². The molecule has 0 aliphatic rings. The maximum atomic E-state index is 14.0. The molecule has 0 saturated heterocycles. The van der Waals surface area contributed by atoms with Gasteiger partial charge in [0.15, 0.2) is 0 Å². The zero-order valence-electron chi connectivity index (χ0n) is 23.3. The van der Waals surface area contributed by atoms with Crippen molar-refractivity contribution in [3.8, 4) is 11.3 Å². The number of benzene rings is 4. The zero-order chi connectivity index (χ0) is 31.3. The summed E-state index contributed by atoms with van der Waals surface area (Å²) in [6.45, 7) is 1.81. The van der Waals surface area contributed by atoms with Crippen LogP contribution in [0.15, 0.2) is 124 Å². The van der Waals surface area contributed by atoms with Gasteiger partial charge in [-0.15, -0.1) is 0 Å². The van der Waals surface area contributed by atoms with Gasteiger partial charge in [0, 0.05) is 22.7 Å². The first-order chi connectivity index (χ1) is 21.1. The van der Waals surface area contributed by atoms with Crippen LogP contribution in [0.1, 0.15) is 27.2 Å². The van der Waals surface area contributed by atoms with E-state index in [1.54, 1.807) is 78.9 Å². The Balaban J connectivity index is 1.40. The lowest BCUT2D eigenvalue weighted by Gasteiger charge is -2.26. The number of anilines is 1. The Hall–Kier alpha value is -5.26. The van der Waals surface area contributed by atoms with Crippen LogP contribution in [0, 0.1) is 17.0 Å². The molecule has 0 bridgehead atoms. The van der Waals surface area contributed by atoms with Gasteiger partial charge in [0.05, 0.1) is 33.8 Å². The van der Waals surface area contributed by atoms with Gasteiger partial charge in [-0.3, -0.25) is 19.2 Å². The number of halogens is 1. The van der Waals surface area contributed by atoms with E-state index >= 15 is 0 Å². The van der Waals surface area contributed by atoms with Crippen LogP contribution in [-0.2, 0) is 16.6 Å². The van der Waals surface area contributed by atoms with Crippen molar-refractivity contribution in [1.82, 2.24) is 5.43 Å². The van der Waals surface area contributed by atoms with Crippen LogP contribution >= 0.6 is 11.6 Å². The number of nitro benzene ring substituents is 1. The molecule has 0 radical (unpaired) electrons. The average Bonchev–Trinajstić information content (AvgIpc) is 3.50. The highest BCUT2D eigenvalue weighted by atomic mass is 35.5. The molecule has 0 aliphatic carbocycles. The molecule has 0 atom stereocenters. The quantitative estimate of drug-likeness (QED) is 0.101. The monoisotopic (exact) mass is 628 g/mol. The first kappa shape index (κ1) is 30.2. The van der Waals surface area contributed by atoms with Crippen molar-refractivity contribution in [2.24, 2.45) is 5.10 Å². The second-order valence-electron chi connectivity index (χ2n) is 9.67. The van der Waals surface area contributed by atoms with Crippen LogP contribution in [-0.4, -0.2) is 25.5 Å². The molecular formula is C32H25ClN4O6S. The number of hydrogen-bond donors (Lipinski definition) is 1. The molecule has 12 heteroatoms. The molecule has 5 aromatic rings. The number of nitro groups is 1. The summed E-state index contributed by atoms with van der Waals surface area (Å²) >= 11 is 6.05. The van der Waals surface area contributed by atoms with Gasteiger partial charge in [0.1, 0.15) is 11.5 Å². The van der Waals surface area contributed by atoms with Gasteiger partial charge >= 0.3 is 0 Å². The summed E-state index contributed by atoms with van der Waals surface area (Å²) in [5.41, 5.74) is 4.84. The highest BCUT2D eigenvalue weighted by Crippen LogP contribution is 2.30. The van der Waals surface area contributed by atoms with E-state index in [4.69, 9.17) is 16.0 Å². The third-order valence-corrected chi connectivity index (χ3v) is 8.64. The molecule has 5 rings (SSSR count). The van der Waals surface area contributed by atoms with Crippen LogP contribution in [0.5, 0.6) is 0 Å². The number of carbonyl (C=O) groups is 1. The lowest BCUT2D eigenvalue weighted by atomic mass is 10.1. The highest BCUT2D eigenvalue weighted by Gasteiger charge is 2.28. The number of rotatable bonds is 10. The molecule has 1 heterocycles. The van der Waals surface area contributed by atoms with Gasteiger partial charge in [0.25, 0.3) is 21.6 Å². The number of nitrogens with one attached hydrogen (secondary N) is 1. The first-order valence-electron chi connectivity index (χ1n) is 13.2. The van der Waals surface area contributed by atoms with Gasteiger partial charge in [-0.2, -0.15) is 5.10 Å². The largest absolute Gasteiger partial charge is 0.455 e. The molecule has 0 fully saturated rings. The fraction of sp³-hybridized carbons (Fsp3) is 0.0625. The number of amides is 1. The van der Waals surface area contributed by atoms with E-state index in [1.165, 1.54) is 40.9 Å². The van der Waals surface area contributed by atoms with Crippen molar-refractivity contribution in [2.75, 3.05) is 4.31 Å². The number of sulfonamides is 1. The van der Waals surface area contributed by atoms with E-state index in [0.29, 0.717) is 27.7 Å². The fourth-order valence-electron chi connectivity index (χ4n) is 4.32. The van der Waals surface area contributed by atoms with E-state index in [0.717, 1.165) is 5.56 Å². The summed E-state index contributed by atoms with van der Waals surface area (Å²) in [4.78, 5) is 23.8. The summed E-state index contributed by atoms with van der Waals surface area (Å²) in [5.74, 6) is 0.134. The predicted octanol–water partition coefficient (Wildman–Crippen LogP) is 6.98. The fourth-order valence-corrected chi connectivity index (χ4v) is 5.91. The molecule has 44 heavy (non-hydrogen) atoms. The Morgan fingerprint density at radius 1 is 0.955 bits per heavy atom. The molecule has 0 unspecified atom stereocenters. The van der Waals surface area contributed by atoms with Crippen molar-refractivity contribution in [2.45, 2.75) is 18.4 Å². The van der Waals surface area contributed by atoms with Crippen LogP contribution in [0.4, 0.5) is 11.4 Å². The maximum absolute atomic E-state index is 14.0. The summed E-state index contributed by atoms with van der Waals surface area (Å²) in [7, 11) is -4.10. The highest BCUT2D eigenvalue weighted by molar-refractivity contribution is 7.92. The van der Waals surface area contributed by atoms with Crippen molar-refractivity contribution in [3.05, 3.63) is 147 Å². The molecule has 0 spiro atoms. The lowest BCUT2D eigenvalue weighted by Crippen LogP contribution is -2.33. The Kier molecular flexibility index (Phi) is 8.88. The Bertz CT molecular complexity index is 1940. The third kappa shape index (κ3) is 6.86. The summed E-state index contributed by atoms with van der Waals surface area (Å²) in [6, 6.07) is 28.8. The predicted molar refractivity (Wildman–Crippen MR) is 168 cm³/mol. The average molecular weight is 629 g/mol. The standard InChI is InChI=1S/C32H25ClN4O6S/c1-22-6-17-28(18-7-22)44(41,42)36(21-23-8-12-25(33)13-9-23)30-5-3-2-4-29(30)32(38)35-34-20-27-16-19-31(43-27)24-10-14-26(15-11-24)37(39)40/h2-20H,21H2,1H3,(H,35,38). The Labute approximate surface area is 258 Å². The van der Waals surface area contributed by atoms with Crippen LogP contribution in [0.2, 0.25) is 5.02 Å². The second-order valence-corrected chi connectivity index (χ2v) is 12.0. The number of aryl methyl sites for hydroxylation is 1. The molecule has 222 valence electrons. The number of para-hydroxylation sites is 1. The van der Waals surface area contributed by atoms with Gasteiger partial charge in [-0.25, -0.2) is 13.8 Å². The van der Waals surface area contributed by atoms with Crippen molar-refractivity contribution in [1.29, 1.82) is 0 Å². The molecule has 10 nitrogen and oxygen atoms in total. The summed E-state index contributed by atoms with van der Waals surface area (Å²) in [5, 5.41) is 15.4.